The lowest BCUT2D eigenvalue weighted by Crippen LogP contribution is -2.45. The van der Waals surface area contributed by atoms with Gasteiger partial charge in [0.2, 0.25) is 0 Å². The van der Waals surface area contributed by atoms with Gasteiger partial charge in [0.05, 0.1) is 6.10 Å². The van der Waals surface area contributed by atoms with Gasteiger partial charge in [-0.15, -0.1) is 0 Å². The predicted octanol–water partition coefficient (Wildman–Crippen LogP) is 6.60. The first kappa shape index (κ1) is 22.8. The van der Waals surface area contributed by atoms with Gasteiger partial charge in [0, 0.05) is 35.4 Å². The van der Waals surface area contributed by atoms with Crippen molar-refractivity contribution in [3.63, 3.8) is 0 Å². The van der Waals surface area contributed by atoms with Crippen LogP contribution in [-0.2, 0) is 4.79 Å². The van der Waals surface area contributed by atoms with E-state index in [9.17, 15) is 9.90 Å². The summed E-state index contributed by atoms with van der Waals surface area (Å²) in [6.07, 6.45) is 8.13. The van der Waals surface area contributed by atoms with Gasteiger partial charge in [-0.3, -0.25) is 9.78 Å². The smallest absolute Gasteiger partial charge is 0.156 e. The Morgan fingerprint density at radius 2 is 1.89 bits per heavy atom. The topological polar surface area (TPSA) is 50.2 Å². The lowest BCUT2D eigenvalue weighted by atomic mass is 9.53. The van der Waals surface area contributed by atoms with E-state index >= 15 is 8.78 Å². The Hall–Kier alpha value is -2.66. The number of aromatic nitrogens is 1. The molecule has 4 aliphatic carbocycles. The first-order valence-corrected chi connectivity index (χ1v) is 12.8. The van der Waals surface area contributed by atoms with Crippen LogP contribution in [0, 0.1) is 35.8 Å². The zero-order chi connectivity index (χ0) is 24.5. The zero-order valence-corrected chi connectivity index (χ0v) is 20.3. The molecule has 0 bridgehead atoms. The molecule has 35 heavy (non-hydrogen) atoms. The molecule has 1 aromatic heterocycles. The fourth-order valence-corrected chi connectivity index (χ4v) is 7.59. The van der Waals surface area contributed by atoms with Crippen molar-refractivity contribution in [1.29, 1.82) is 0 Å². The number of hydrogen-bond acceptors (Lipinski definition) is 3. The molecule has 182 valence electrons. The number of carbonyl (C=O) groups is 1. The van der Waals surface area contributed by atoms with E-state index in [1.165, 1.54) is 23.3 Å². The van der Waals surface area contributed by atoms with Crippen LogP contribution in [0.3, 0.4) is 0 Å². The average molecular weight is 476 g/mol. The van der Waals surface area contributed by atoms with Gasteiger partial charge in [-0.2, -0.15) is 0 Å². The van der Waals surface area contributed by atoms with Crippen molar-refractivity contribution in [3.05, 3.63) is 76.1 Å². The van der Waals surface area contributed by atoms with Crippen LogP contribution < -0.4 is 0 Å². The zero-order valence-electron chi connectivity index (χ0n) is 20.3. The number of fused-ring (bicyclic) bond motifs is 4. The highest BCUT2D eigenvalue weighted by atomic mass is 19.1. The number of hydrogen-bond donors (Lipinski definition) is 1. The molecule has 0 radical (unpaired) electrons. The Morgan fingerprint density at radius 1 is 1.06 bits per heavy atom. The minimum absolute atomic E-state index is 0.157. The van der Waals surface area contributed by atoms with Crippen LogP contribution in [0.2, 0.25) is 0 Å². The fraction of sp³-hybridized carbons (Fsp3) is 0.467. The molecule has 5 atom stereocenters. The van der Waals surface area contributed by atoms with E-state index in [2.05, 4.69) is 11.9 Å². The summed E-state index contributed by atoms with van der Waals surface area (Å²) >= 11 is 0. The number of aryl methyl sites for hydroxylation is 1. The van der Waals surface area contributed by atoms with Gasteiger partial charge in [0.1, 0.15) is 11.6 Å². The molecular formula is C30H31F2NO2. The molecule has 5 unspecified atom stereocenters. The fourth-order valence-electron chi connectivity index (χ4n) is 7.59. The van der Waals surface area contributed by atoms with E-state index in [4.69, 9.17) is 0 Å². The van der Waals surface area contributed by atoms with Gasteiger partial charge in [-0.1, -0.05) is 18.6 Å². The highest BCUT2D eigenvalue weighted by Crippen LogP contribution is 2.64. The number of benzene rings is 1. The second kappa shape index (κ2) is 8.19. The molecule has 0 amide bonds. The molecule has 2 aromatic rings. The minimum Gasteiger partial charge on any atom is -0.393 e. The lowest BCUT2D eigenvalue weighted by Gasteiger charge is -2.52. The summed E-state index contributed by atoms with van der Waals surface area (Å²) in [7, 11) is 0. The van der Waals surface area contributed by atoms with Crippen LogP contribution in [-0.4, -0.2) is 22.0 Å². The van der Waals surface area contributed by atoms with Gasteiger partial charge in [-0.05, 0) is 104 Å². The van der Waals surface area contributed by atoms with Crippen molar-refractivity contribution < 1.29 is 18.7 Å². The highest BCUT2D eigenvalue weighted by molar-refractivity contribution is 5.93. The molecule has 2 saturated carbocycles. The third-order valence-electron chi connectivity index (χ3n) is 9.37. The predicted molar refractivity (Wildman–Crippen MR) is 131 cm³/mol. The number of rotatable bonds is 2. The summed E-state index contributed by atoms with van der Waals surface area (Å²) in [5, 5.41) is 11.0. The lowest BCUT2D eigenvalue weighted by molar-refractivity contribution is -0.114. The van der Waals surface area contributed by atoms with Gasteiger partial charge < -0.3 is 5.11 Å². The standard InChI is InChI=1S/C30H31F2NO2/c1-16-3-4-18(15-33-16)22-12-27(32)23(13-26(22)31)24-14-30(2)25(9-10-28(30)35)21-7-5-17-11-19(34)6-8-20(17)29(21)24/h3-4,11-13,15,21,24-25,28,35H,5-10,14H2,1-2H3. The van der Waals surface area contributed by atoms with Crippen LogP contribution in [0.4, 0.5) is 8.78 Å². The van der Waals surface area contributed by atoms with Crippen LogP contribution >= 0.6 is 0 Å². The van der Waals surface area contributed by atoms with Gasteiger partial charge >= 0.3 is 0 Å². The number of nitrogens with zero attached hydrogens (tertiary/aromatic N) is 1. The van der Waals surface area contributed by atoms with Crippen LogP contribution in [0.25, 0.3) is 11.1 Å². The number of pyridine rings is 1. The molecule has 4 aliphatic rings. The Balaban J connectivity index is 1.51. The van der Waals surface area contributed by atoms with Crippen molar-refractivity contribution in [2.24, 2.45) is 17.3 Å². The number of carbonyl (C=O) groups excluding carboxylic acids is 1. The summed E-state index contributed by atoms with van der Waals surface area (Å²) in [6, 6.07) is 6.23. The van der Waals surface area contributed by atoms with Gasteiger partial charge in [0.25, 0.3) is 0 Å². The summed E-state index contributed by atoms with van der Waals surface area (Å²) in [5.41, 5.74) is 5.11. The van der Waals surface area contributed by atoms with E-state index in [-0.39, 0.29) is 28.6 Å². The normalized spacial score (nSPS) is 32.1. The monoisotopic (exact) mass is 475 g/mol. The summed E-state index contributed by atoms with van der Waals surface area (Å²) in [5.74, 6) is -0.457. The number of aliphatic hydroxyl groups is 1. The van der Waals surface area contributed by atoms with Crippen molar-refractivity contribution in [3.8, 4) is 11.1 Å². The van der Waals surface area contributed by atoms with Gasteiger partial charge in [0.15, 0.2) is 5.78 Å². The van der Waals surface area contributed by atoms with Crippen molar-refractivity contribution in [2.45, 2.75) is 70.8 Å². The second-order valence-electron chi connectivity index (χ2n) is 11.2. The molecule has 5 heteroatoms. The number of allylic oxidation sites excluding steroid dienone is 4. The first-order chi connectivity index (χ1) is 16.8. The molecule has 1 N–H and O–H groups in total. The summed E-state index contributed by atoms with van der Waals surface area (Å²) < 4.78 is 31.4. The molecule has 0 aliphatic heterocycles. The third kappa shape index (κ3) is 3.54. The van der Waals surface area contributed by atoms with Crippen molar-refractivity contribution >= 4 is 5.78 Å². The number of halogens is 2. The quantitative estimate of drug-likeness (QED) is 0.533. The van der Waals surface area contributed by atoms with Crippen LogP contribution in [0.5, 0.6) is 0 Å². The highest BCUT2D eigenvalue weighted by Gasteiger charge is 2.56. The van der Waals surface area contributed by atoms with E-state index < -0.39 is 17.7 Å². The Morgan fingerprint density at radius 3 is 2.66 bits per heavy atom. The van der Waals surface area contributed by atoms with Crippen molar-refractivity contribution in [1.82, 2.24) is 4.98 Å². The Kier molecular flexibility index (Phi) is 5.33. The molecule has 1 heterocycles. The number of aliphatic hydroxyl groups excluding tert-OH is 1. The molecular weight excluding hydrogens is 444 g/mol. The van der Waals surface area contributed by atoms with E-state index in [1.807, 2.05) is 6.92 Å². The summed E-state index contributed by atoms with van der Waals surface area (Å²) in [4.78, 5) is 16.4. The van der Waals surface area contributed by atoms with Crippen LogP contribution in [0.1, 0.15) is 69.0 Å². The molecule has 0 saturated heterocycles. The second-order valence-corrected chi connectivity index (χ2v) is 11.2. The van der Waals surface area contributed by atoms with E-state index in [0.29, 0.717) is 36.3 Å². The SMILES string of the molecule is Cc1ccc(-c2cc(F)c(C3CC4(C)C(O)CCC4C4CCC5=CC(=O)CCC5=C34)cc2F)cn1. The maximum Gasteiger partial charge on any atom is 0.156 e. The minimum atomic E-state index is -0.459. The van der Waals surface area contributed by atoms with E-state index in [1.54, 1.807) is 24.4 Å². The molecule has 1 aromatic carbocycles. The maximum atomic E-state index is 15.8. The summed E-state index contributed by atoms with van der Waals surface area (Å²) in [6.45, 7) is 4.00. The van der Waals surface area contributed by atoms with Crippen LogP contribution in [0.15, 0.2) is 53.3 Å². The average Bonchev–Trinajstić information content (AvgIpc) is 3.14. The largest absolute Gasteiger partial charge is 0.393 e. The Bertz CT molecular complexity index is 1280. The first-order valence-electron chi connectivity index (χ1n) is 12.8. The molecule has 3 nitrogen and oxygen atoms in total. The maximum absolute atomic E-state index is 15.8. The molecule has 0 spiro atoms. The van der Waals surface area contributed by atoms with E-state index in [0.717, 1.165) is 37.0 Å². The van der Waals surface area contributed by atoms with Gasteiger partial charge in [-0.25, -0.2) is 8.78 Å². The Labute approximate surface area is 205 Å². The van der Waals surface area contributed by atoms with Crippen molar-refractivity contribution in [2.75, 3.05) is 0 Å². The number of ketones is 1. The molecule has 2 fully saturated rings. The third-order valence-corrected chi connectivity index (χ3v) is 9.37. The molecule has 6 rings (SSSR count).